The Kier molecular flexibility index (Phi) is 6.67. The molecule has 1 amide bonds. The fourth-order valence-corrected chi connectivity index (χ4v) is 4.18. The lowest BCUT2D eigenvalue weighted by atomic mass is 10.1. The van der Waals surface area contributed by atoms with Crippen LogP contribution >= 0.6 is 23.2 Å². The summed E-state index contributed by atoms with van der Waals surface area (Å²) in [7, 11) is 1.54. The van der Waals surface area contributed by atoms with Gasteiger partial charge >= 0.3 is 6.18 Å². The summed E-state index contributed by atoms with van der Waals surface area (Å²) >= 11 is 11.9. The minimum atomic E-state index is -4.68. The molecule has 0 saturated carbocycles. The molecule has 1 saturated heterocycles. The largest absolute Gasteiger partial charge is 0.495 e. The summed E-state index contributed by atoms with van der Waals surface area (Å²) in [5.41, 5.74) is -0.158. The van der Waals surface area contributed by atoms with Crippen molar-refractivity contribution in [2.45, 2.75) is 45.6 Å². The third-order valence-electron chi connectivity index (χ3n) is 5.46. The molecule has 1 aliphatic heterocycles. The van der Waals surface area contributed by atoms with Crippen molar-refractivity contribution in [3.8, 4) is 5.75 Å². The van der Waals surface area contributed by atoms with E-state index in [0.717, 1.165) is 10.4 Å². The average molecular weight is 479 g/mol. The topological polar surface area (TPSA) is 50.6 Å². The van der Waals surface area contributed by atoms with E-state index >= 15 is 0 Å². The summed E-state index contributed by atoms with van der Waals surface area (Å²) in [5, 5.41) is 3.55. The number of halogens is 5. The highest BCUT2D eigenvalue weighted by atomic mass is 35.5. The van der Waals surface area contributed by atoms with E-state index in [-0.39, 0.29) is 30.2 Å². The van der Waals surface area contributed by atoms with Gasteiger partial charge in [-0.05, 0) is 32.9 Å². The van der Waals surface area contributed by atoms with Gasteiger partial charge in [-0.3, -0.25) is 9.48 Å². The van der Waals surface area contributed by atoms with Gasteiger partial charge in [-0.15, -0.1) is 0 Å². The zero-order chi connectivity index (χ0) is 23.1. The molecule has 1 aliphatic rings. The molecule has 0 aliphatic carbocycles. The van der Waals surface area contributed by atoms with Crippen LogP contribution in [0.25, 0.3) is 0 Å². The highest BCUT2D eigenvalue weighted by molar-refractivity contribution is 6.32. The quantitative estimate of drug-likeness (QED) is 0.641. The van der Waals surface area contributed by atoms with E-state index in [0.29, 0.717) is 23.9 Å². The van der Waals surface area contributed by atoms with Crippen molar-refractivity contribution < 1.29 is 22.7 Å². The molecule has 0 bridgehead atoms. The number of carbonyl (C=O) groups excluding carboxylic acids is 1. The second kappa shape index (κ2) is 8.78. The van der Waals surface area contributed by atoms with Crippen LogP contribution < -0.4 is 9.64 Å². The number of nitrogens with zero attached hydrogens (tertiary/aromatic N) is 4. The molecular weight excluding hydrogens is 456 g/mol. The minimum absolute atomic E-state index is 0.0286. The smallest absolute Gasteiger partial charge is 0.436 e. The summed E-state index contributed by atoms with van der Waals surface area (Å²) < 4.78 is 45.5. The van der Waals surface area contributed by atoms with Crippen LogP contribution in [0.15, 0.2) is 18.2 Å². The second-order valence-electron chi connectivity index (χ2n) is 7.62. The molecule has 0 radical (unpaired) electrons. The maximum atomic E-state index is 13.1. The van der Waals surface area contributed by atoms with Crippen LogP contribution in [0.2, 0.25) is 10.0 Å². The van der Waals surface area contributed by atoms with Gasteiger partial charge in [0.25, 0.3) is 0 Å². The fraction of sp³-hybridized carbons (Fsp3) is 0.500. The Hall–Kier alpha value is -2.13. The highest BCUT2D eigenvalue weighted by Crippen LogP contribution is 2.35. The van der Waals surface area contributed by atoms with Gasteiger partial charge in [0.05, 0.1) is 22.8 Å². The van der Waals surface area contributed by atoms with Gasteiger partial charge in [-0.2, -0.15) is 18.3 Å². The number of amides is 1. The van der Waals surface area contributed by atoms with Gasteiger partial charge in [0.15, 0.2) is 5.69 Å². The van der Waals surface area contributed by atoms with Crippen LogP contribution in [0.5, 0.6) is 5.75 Å². The molecule has 11 heteroatoms. The SMILES string of the molecule is COc1cc(N2C[C@H](C)N(C(=O)Cn3nc(C(F)(F)F)c(Cl)c3C)C[C@@H]2C)ccc1Cl. The van der Waals surface area contributed by atoms with E-state index in [4.69, 9.17) is 27.9 Å². The number of carbonyl (C=O) groups is 1. The first-order valence-electron chi connectivity index (χ1n) is 9.63. The number of anilines is 1. The number of hydrogen-bond donors (Lipinski definition) is 0. The average Bonchev–Trinajstić information content (AvgIpc) is 2.98. The lowest BCUT2D eigenvalue weighted by molar-refractivity contribution is -0.142. The first-order valence-corrected chi connectivity index (χ1v) is 10.4. The maximum Gasteiger partial charge on any atom is 0.436 e. The van der Waals surface area contributed by atoms with Crippen LogP contribution in [-0.4, -0.2) is 52.9 Å². The first kappa shape index (κ1) is 23.5. The van der Waals surface area contributed by atoms with Crippen LogP contribution in [0.4, 0.5) is 18.9 Å². The van der Waals surface area contributed by atoms with Crippen molar-refractivity contribution in [3.05, 3.63) is 39.6 Å². The molecule has 6 nitrogen and oxygen atoms in total. The molecule has 170 valence electrons. The fourth-order valence-electron chi connectivity index (χ4n) is 3.74. The summed E-state index contributed by atoms with van der Waals surface area (Å²) in [6, 6.07) is 5.29. The van der Waals surface area contributed by atoms with Crippen LogP contribution in [0, 0.1) is 6.92 Å². The Labute approximate surface area is 188 Å². The Morgan fingerprint density at radius 3 is 2.48 bits per heavy atom. The molecule has 0 spiro atoms. The number of methoxy groups -OCH3 is 1. The predicted octanol–water partition coefficient (Wildman–Crippen LogP) is 4.65. The van der Waals surface area contributed by atoms with Crippen molar-refractivity contribution in [1.29, 1.82) is 0 Å². The zero-order valence-corrected chi connectivity index (χ0v) is 19.0. The molecule has 1 fully saturated rings. The number of ether oxygens (including phenoxy) is 1. The third kappa shape index (κ3) is 4.72. The van der Waals surface area contributed by atoms with E-state index in [1.807, 2.05) is 26.0 Å². The maximum absolute atomic E-state index is 13.1. The van der Waals surface area contributed by atoms with Gasteiger partial charge in [-0.25, -0.2) is 0 Å². The van der Waals surface area contributed by atoms with Gasteiger partial charge in [-0.1, -0.05) is 23.2 Å². The normalized spacial score (nSPS) is 19.6. The Morgan fingerprint density at radius 2 is 1.90 bits per heavy atom. The molecular formula is C20H23Cl2F3N4O2. The monoisotopic (exact) mass is 478 g/mol. The van der Waals surface area contributed by atoms with Crippen LogP contribution in [0.1, 0.15) is 25.2 Å². The number of hydrogen-bond acceptors (Lipinski definition) is 4. The Bertz CT molecular complexity index is 980. The van der Waals surface area contributed by atoms with Gasteiger partial charge < -0.3 is 14.5 Å². The van der Waals surface area contributed by atoms with E-state index in [2.05, 4.69) is 10.00 Å². The molecule has 0 unspecified atom stereocenters. The van der Waals surface area contributed by atoms with Gasteiger partial charge in [0.2, 0.25) is 5.91 Å². The summed E-state index contributed by atoms with van der Waals surface area (Å²) in [5.74, 6) is 0.243. The second-order valence-corrected chi connectivity index (χ2v) is 8.40. The van der Waals surface area contributed by atoms with Crippen molar-refractivity contribution >= 4 is 34.8 Å². The first-order chi connectivity index (χ1) is 14.4. The zero-order valence-electron chi connectivity index (χ0n) is 17.5. The number of alkyl halides is 3. The van der Waals surface area contributed by atoms with Crippen molar-refractivity contribution in [1.82, 2.24) is 14.7 Å². The highest BCUT2D eigenvalue weighted by Gasteiger charge is 2.39. The Morgan fingerprint density at radius 1 is 1.23 bits per heavy atom. The third-order valence-corrected chi connectivity index (χ3v) is 6.22. The van der Waals surface area contributed by atoms with Crippen molar-refractivity contribution in [2.24, 2.45) is 0 Å². The number of piperazine rings is 1. The van der Waals surface area contributed by atoms with Gasteiger partial charge in [0, 0.05) is 36.9 Å². The van der Waals surface area contributed by atoms with E-state index < -0.39 is 16.9 Å². The molecule has 2 heterocycles. The lowest BCUT2D eigenvalue weighted by Gasteiger charge is -2.45. The lowest BCUT2D eigenvalue weighted by Crippen LogP contribution is -2.58. The summed E-state index contributed by atoms with van der Waals surface area (Å²) in [6.07, 6.45) is -4.68. The molecule has 1 aromatic carbocycles. The summed E-state index contributed by atoms with van der Waals surface area (Å²) in [6.45, 7) is 5.93. The van der Waals surface area contributed by atoms with E-state index in [9.17, 15) is 18.0 Å². The number of rotatable bonds is 4. The number of aromatic nitrogens is 2. The molecule has 2 atom stereocenters. The molecule has 31 heavy (non-hydrogen) atoms. The van der Waals surface area contributed by atoms with Gasteiger partial charge in [0.1, 0.15) is 12.3 Å². The molecule has 3 rings (SSSR count). The molecule has 2 aromatic rings. The summed E-state index contributed by atoms with van der Waals surface area (Å²) in [4.78, 5) is 16.7. The standard InChI is InChI=1S/C20H23Cl2F3N4O2/c1-11-9-28(12(2)8-27(11)14-5-6-15(21)16(7-14)31-4)17(30)10-29-13(3)18(22)19(26-29)20(23,24)25/h5-7,11-12H,8-10H2,1-4H3/t11-,12-/m0/s1. The molecule has 1 aromatic heterocycles. The van der Waals surface area contributed by atoms with Crippen molar-refractivity contribution in [2.75, 3.05) is 25.1 Å². The predicted molar refractivity (Wildman–Crippen MR) is 113 cm³/mol. The number of benzene rings is 1. The Balaban J connectivity index is 1.75. The van der Waals surface area contributed by atoms with E-state index in [1.54, 1.807) is 18.1 Å². The minimum Gasteiger partial charge on any atom is -0.495 e. The van der Waals surface area contributed by atoms with E-state index in [1.165, 1.54) is 6.92 Å². The van der Waals surface area contributed by atoms with Crippen LogP contribution in [-0.2, 0) is 17.5 Å². The molecule has 0 N–H and O–H groups in total. The van der Waals surface area contributed by atoms with Crippen LogP contribution in [0.3, 0.4) is 0 Å². The van der Waals surface area contributed by atoms with Crippen molar-refractivity contribution in [3.63, 3.8) is 0 Å².